The van der Waals surface area contributed by atoms with Crippen molar-refractivity contribution in [2.75, 3.05) is 5.32 Å². The molecule has 0 aliphatic rings. The van der Waals surface area contributed by atoms with Gasteiger partial charge in [0.2, 0.25) is 0 Å². The summed E-state index contributed by atoms with van der Waals surface area (Å²) >= 11 is 1.93. The topological polar surface area (TPSA) is 73.1 Å². The monoisotopic (exact) mass is 382 g/mol. The molecule has 20 heavy (non-hydrogen) atoms. The number of anilines is 1. The van der Waals surface area contributed by atoms with Gasteiger partial charge in [-0.1, -0.05) is 6.07 Å². The van der Waals surface area contributed by atoms with Gasteiger partial charge in [-0.25, -0.2) is 4.39 Å². The minimum absolute atomic E-state index is 0.0157. The molecule has 0 spiro atoms. The van der Waals surface area contributed by atoms with Crippen molar-refractivity contribution in [3.05, 3.63) is 56.9 Å². The number of aromatic hydroxyl groups is 1. The van der Waals surface area contributed by atoms with E-state index in [-0.39, 0.29) is 22.6 Å². The first-order valence-electron chi connectivity index (χ1n) is 5.51. The highest BCUT2D eigenvalue weighted by molar-refractivity contribution is 14.1. The molecule has 0 heterocycles. The maximum absolute atomic E-state index is 13.4. The Kier molecular flexibility index (Phi) is 4.20. The number of carbonyl (C=O) groups excluding carboxylic acids is 1. The highest BCUT2D eigenvalue weighted by Crippen LogP contribution is 2.22. The van der Waals surface area contributed by atoms with E-state index in [0.717, 1.165) is 6.07 Å². The van der Waals surface area contributed by atoms with Gasteiger partial charge in [0.25, 0.3) is 5.91 Å². The zero-order valence-electron chi connectivity index (χ0n) is 10.0. The third-order valence-electron chi connectivity index (χ3n) is 2.58. The number of carbonyl (C=O) groups is 1. The van der Waals surface area contributed by atoms with Crippen LogP contribution in [0.4, 0.5) is 10.1 Å². The van der Waals surface area contributed by atoms with Gasteiger partial charge in [-0.2, -0.15) is 5.26 Å². The van der Waals surface area contributed by atoms with E-state index >= 15 is 0 Å². The lowest BCUT2D eigenvalue weighted by Crippen LogP contribution is -2.13. The van der Waals surface area contributed by atoms with E-state index in [2.05, 4.69) is 5.32 Å². The second-order valence-corrected chi connectivity index (χ2v) is 5.06. The molecule has 2 aromatic carbocycles. The number of nitriles is 1. The van der Waals surface area contributed by atoms with Gasteiger partial charge >= 0.3 is 0 Å². The number of hydrogen-bond donors (Lipinski definition) is 2. The molecule has 0 aliphatic heterocycles. The summed E-state index contributed by atoms with van der Waals surface area (Å²) in [4.78, 5) is 12.0. The molecule has 0 aromatic heterocycles. The first-order chi connectivity index (χ1) is 9.52. The molecule has 0 bridgehead atoms. The third-order valence-corrected chi connectivity index (χ3v) is 3.49. The van der Waals surface area contributed by atoms with Crippen molar-refractivity contribution in [2.45, 2.75) is 0 Å². The molecule has 0 atom stereocenters. The predicted octanol–water partition coefficient (Wildman–Crippen LogP) is 3.26. The standard InChI is InChI=1S/C14H8FIN2O2/c15-10-2-1-3-12(9(10)7-17)18-14(20)8-4-5-11(16)13(19)6-8/h1-6,19H,(H,18,20). The van der Waals surface area contributed by atoms with Crippen LogP contribution in [-0.4, -0.2) is 11.0 Å². The Bertz CT molecular complexity index is 726. The Morgan fingerprint density at radius 2 is 2.10 bits per heavy atom. The molecule has 100 valence electrons. The zero-order chi connectivity index (χ0) is 14.7. The lowest BCUT2D eigenvalue weighted by atomic mass is 10.1. The van der Waals surface area contributed by atoms with Crippen LogP contribution in [0.1, 0.15) is 15.9 Å². The van der Waals surface area contributed by atoms with Gasteiger partial charge in [0.15, 0.2) is 0 Å². The first-order valence-corrected chi connectivity index (χ1v) is 6.59. The Labute approximate surface area is 128 Å². The van der Waals surface area contributed by atoms with Crippen molar-refractivity contribution >= 4 is 34.2 Å². The van der Waals surface area contributed by atoms with Crippen molar-refractivity contribution in [3.63, 3.8) is 0 Å². The highest BCUT2D eigenvalue weighted by Gasteiger charge is 2.13. The van der Waals surface area contributed by atoms with Crippen LogP contribution in [0.15, 0.2) is 36.4 Å². The Morgan fingerprint density at radius 1 is 1.35 bits per heavy atom. The molecule has 2 N–H and O–H groups in total. The van der Waals surface area contributed by atoms with Gasteiger partial charge in [-0.15, -0.1) is 0 Å². The van der Waals surface area contributed by atoms with Crippen LogP contribution < -0.4 is 5.32 Å². The fraction of sp³-hybridized carbons (Fsp3) is 0. The van der Waals surface area contributed by atoms with Crippen molar-refractivity contribution in [2.24, 2.45) is 0 Å². The lowest BCUT2D eigenvalue weighted by Gasteiger charge is -2.08. The molecule has 0 saturated carbocycles. The van der Waals surface area contributed by atoms with Crippen LogP contribution in [-0.2, 0) is 0 Å². The second kappa shape index (κ2) is 5.88. The molecule has 4 nitrogen and oxygen atoms in total. The number of hydrogen-bond acceptors (Lipinski definition) is 3. The van der Waals surface area contributed by atoms with Crippen LogP contribution in [0.25, 0.3) is 0 Å². The van der Waals surface area contributed by atoms with E-state index in [0.29, 0.717) is 3.57 Å². The molecule has 1 amide bonds. The minimum atomic E-state index is -0.698. The van der Waals surface area contributed by atoms with E-state index in [1.54, 1.807) is 12.1 Å². The number of rotatable bonds is 2. The van der Waals surface area contributed by atoms with Crippen molar-refractivity contribution in [1.29, 1.82) is 5.26 Å². The number of nitrogens with one attached hydrogen (secondary N) is 1. The van der Waals surface area contributed by atoms with Gasteiger partial charge in [0.05, 0.1) is 9.26 Å². The first kappa shape index (κ1) is 14.3. The summed E-state index contributed by atoms with van der Waals surface area (Å²) in [5.41, 5.74) is 0.0854. The Balaban J connectivity index is 2.31. The van der Waals surface area contributed by atoms with Crippen LogP contribution in [0.3, 0.4) is 0 Å². The summed E-state index contributed by atoms with van der Waals surface area (Å²) in [6.07, 6.45) is 0. The number of amides is 1. The van der Waals surface area contributed by atoms with Gasteiger partial charge in [0, 0.05) is 5.56 Å². The van der Waals surface area contributed by atoms with Crippen molar-refractivity contribution in [1.82, 2.24) is 0 Å². The molecular weight excluding hydrogens is 374 g/mol. The lowest BCUT2D eigenvalue weighted by molar-refractivity contribution is 0.102. The normalized spacial score (nSPS) is 9.85. The maximum Gasteiger partial charge on any atom is 0.255 e. The number of nitrogens with zero attached hydrogens (tertiary/aromatic N) is 1. The van der Waals surface area contributed by atoms with E-state index in [4.69, 9.17) is 5.26 Å². The molecule has 0 fully saturated rings. The van der Waals surface area contributed by atoms with E-state index in [9.17, 15) is 14.3 Å². The smallest absolute Gasteiger partial charge is 0.255 e. The molecule has 0 unspecified atom stereocenters. The third kappa shape index (κ3) is 2.88. The highest BCUT2D eigenvalue weighted by atomic mass is 127. The molecule has 2 aromatic rings. The van der Waals surface area contributed by atoms with Crippen LogP contribution >= 0.6 is 22.6 Å². The molecular formula is C14H8FIN2O2. The number of phenolic OH excluding ortho intramolecular Hbond substituents is 1. The number of halogens is 2. The minimum Gasteiger partial charge on any atom is -0.507 e. The predicted molar refractivity (Wildman–Crippen MR) is 79.9 cm³/mol. The van der Waals surface area contributed by atoms with Crippen LogP contribution in [0.2, 0.25) is 0 Å². The molecule has 6 heteroatoms. The van der Waals surface area contributed by atoms with Gasteiger partial charge < -0.3 is 10.4 Å². The second-order valence-electron chi connectivity index (χ2n) is 3.89. The number of benzene rings is 2. The zero-order valence-corrected chi connectivity index (χ0v) is 12.2. The summed E-state index contributed by atoms with van der Waals surface area (Å²) < 4.78 is 14.0. The molecule has 2 rings (SSSR count). The maximum atomic E-state index is 13.4. The molecule has 0 aliphatic carbocycles. The summed E-state index contributed by atoms with van der Waals surface area (Å²) in [5.74, 6) is -1.24. The van der Waals surface area contributed by atoms with Crippen molar-refractivity contribution in [3.8, 4) is 11.8 Å². The van der Waals surface area contributed by atoms with E-state index in [1.807, 2.05) is 22.6 Å². The fourth-order valence-corrected chi connectivity index (χ4v) is 1.93. The van der Waals surface area contributed by atoms with E-state index in [1.165, 1.54) is 24.3 Å². The summed E-state index contributed by atoms with van der Waals surface area (Å²) in [6, 6.07) is 10.1. The Hall–Kier alpha value is -2.14. The average Bonchev–Trinajstić information content (AvgIpc) is 2.42. The quantitative estimate of drug-likeness (QED) is 0.784. The largest absolute Gasteiger partial charge is 0.507 e. The van der Waals surface area contributed by atoms with Gasteiger partial charge in [0.1, 0.15) is 23.2 Å². The SMILES string of the molecule is N#Cc1c(F)cccc1NC(=O)c1ccc(I)c(O)c1. The summed E-state index contributed by atoms with van der Waals surface area (Å²) in [7, 11) is 0. The number of phenols is 1. The van der Waals surface area contributed by atoms with Gasteiger partial charge in [-0.3, -0.25) is 4.79 Å². The average molecular weight is 382 g/mol. The van der Waals surface area contributed by atoms with Crippen molar-refractivity contribution < 1.29 is 14.3 Å². The van der Waals surface area contributed by atoms with E-state index < -0.39 is 11.7 Å². The fourth-order valence-electron chi connectivity index (χ4n) is 1.59. The summed E-state index contributed by atoms with van der Waals surface area (Å²) in [6.45, 7) is 0. The Morgan fingerprint density at radius 3 is 2.75 bits per heavy atom. The van der Waals surface area contributed by atoms with Crippen LogP contribution in [0, 0.1) is 20.7 Å². The summed E-state index contributed by atoms with van der Waals surface area (Å²) in [5, 5.41) is 20.9. The molecule has 0 radical (unpaired) electrons. The van der Waals surface area contributed by atoms with Gasteiger partial charge in [-0.05, 0) is 52.9 Å². The molecule has 0 saturated heterocycles. The van der Waals surface area contributed by atoms with Crippen LogP contribution in [0.5, 0.6) is 5.75 Å².